The Morgan fingerprint density at radius 2 is 2.04 bits per heavy atom. The standard InChI is InChI=1S/C17H9BrF3N5O2/c18-9-3-4-14(22-7-9)25-16(27)10-8-23-26-13(17(19,20)21)6-11(24-15(10)26)12-2-1-5-28-12/h1-8H,(H,22,25,27). The lowest BCUT2D eigenvalue weighted by molar-refractivity contribution is -0.142. The zero-order chi connectivity index (χ0) is 19.9. The Bertz CT molecular complexity index is 1150. The van der Waals surface area contributed by atoms with Gasteiger partial charge >= 0.3 is 6.18 Å². The molecule has 0 saturated carbocycles. The zero-order valence-corrected chi connectivity index (χ0v) is 15.3. The maximum absolute atomic E-state index is 13.5. The summed E-state index contributed by atoms with van der Waals surface area (Å²) >= 11 is 3.22. The van der Waals surface area contributed by atoms with Crippen molar-refractivity contribution in [3.63, 3.8) is 0 Å². The van der Waals surface area contributed by atoms with Gasteiger partial charge in [-0.2, -0.15) is 18.3 Å². The topological polar surface area (TPSA) is 85.3 Å². The Kier molecular flexibility index (Phi) is 4.38. The number of furan rings is 1. The molecule has 0 fully saturated rings. The van der Waals surface area contributed by atoms with E-state index < -0.39 is 17.8 Å². The molecule has 4 aromatic heterocycles. The minimum absolute atomic E-state index is 0.0684. The van der Waals surface area contributed by atoms with E-state index in [1.807, 2.05) is 0 Å². The van der Waals surface area contributed by atoms with Crippen molar-refractivity contribution in [3.8, 4) is 11.5 Å². The van der Waals surface area contributed by atoms with Crippen LogP contribution in [0.3, 0.4) is 0 Å². The average Bonchev–Trinajstić information content (AvgIpc) is 3.31. The second-order valence-electron chi connectivity index (χ2n) is 5.61. The van der Waals surface area contributed by atoms with Gasteiger partial charge in [0.25, 0.3) is 5.91 Å². The molecular formula is C17H9BrF3N5O2. The lowest BCUT2D eigenvalue weighted by Crippen LogP contribution is -2.16. The van der Waals surface area contributed by atoms with E-state index in [-0.39, 0.29) is 28.5 Å². The summed E-state index contributed by atoms with van der Waals surface area (Å²) in [7, 11) is 0. The Hall–Kier alpha value is -3.21. The van der Waals surface area contributed by atoms with E-state index in [1.54, 1.807) is 6.07 Å². The minimum atomic E-state index is -4.71. The first kappa shape index (κ1) is 18.2. The molecular weight excluding hydrogens is 443 g/mol. The van der Waals surface area contributed by atoms with Crippen molar-refractivity contribution in [2.75, 3.05) is 5.32 Å². The quantitative estimate of drug-likeness (QED) is 0.498. The maximum Gasteiger partial charge on any atom is 0.433 e. The third-order valence-corrected chi connectivity index (χ3v) is 4.22. The number of carbonyl (C=O) groups is 1. The summed E-state index contributed by atoms with van der Waals surface area (Å²) in [6.45, 7) is 0. The molecule has 28 heavy (non-hydrogen) atoms. The number of carbonyl (C=O) groups excluding carboxylic acids is 1. The molecule has 4 heterocycles. The van der Waals surface area contributed by atoms with E-state index in [4.69, 9.17) is 4.42 Å². The highest BCUT2D eigenvalue weighted by Gasteiger charge is 2.36. The lowest BCUT2D eigenvalue weighted by Gasteiger charge is -2.10. The molecule has 0 aliphatic heterocycles. The van der Waals surface area contributed by atoms with Crippen molar-refractivity contribution in [1.29, 1.82) is 0 Å². The Morgan fingerprint density at radius 3 is 2.68 bits per heavy atom. The van der Waals surface area contributed by atoms with Crippen LogP contribution in [0.25, 0.3) is 17.1 Å². The van der Waals surface area contributed by atoms with Crippen molar-refractivity contribution in [2.24, 2.45) is 0 Å². The fourth-order valence-electron chi connectivity index (χ4n) is 2.51. The Morgan fingerprint density at radius 1 is 1.21 bits per heavy atom. The second-order valence-corrected chi connectivity index (χ2v) is 6.53. The molecule has 7 nitrogen and oxygen atoms in total. The number of hydrogen-bond donors (Lipinski definition) is 1. The van der Waals surface area contributed by atoms with Crippen LogP contribution >= 0.6 is 15.9 Å². The number of alkyl halides is 3. The SMILES string of the molecule is O=C(Nc1ccc(Br)cn1)c1cnn2c(C(F)(F)F)cc(-c3ccco3)nc12. The summed E-state index contributed by atoms with van der Waals surface area (Å²) in [6, 6.07) is 7.01. The van der Waals surface area contributed by atoms with Gasteiger partial charge in [-0.1, -0.05) is 0 Å². The van der Waals surface area contributed by atoms with Gasteiger partial charge in [-0.05, 0) is 46.3 Å². The fraction of sp³-hybridized carbons (Fsp3) is 0.0588. The summed E-state index contributed by atoms with van der Waals surface area (Å²) in [4.78, 5) is 20.7. The highest BCUT2D eigenvalue weighted by atomic mass is 79.9. The lowest BCUT2D eigenvalue weighted by atomic mass is 10.2. The van der Waals surface area contributed by atoms with E-state index in [9.17, 15) is 18.0 Å². The number of anilines is 1. The van der Waals surface area contributed by atoms with Crippen molar-refractivity contribution in [2.45, 2.75) is 6.18 Å². The first-order chi connectivity index (χ1) is 13.3. The average molecular weight is 452 g/mol. The number of rotatable bonds is 3. The number of nitrogens with one attached hydrogen (secondary N) is 1. The Labute approximate surface area is 163 Å². The molecule has 0 aliphatic rings. The van der Waals surface area contributed by atoms with Crippen molar-refractivity contribution in [1.82, 2.24) is 19.6 Å². The summed E-state index contributed by atoms with van der Waals surface area (Å²) in [5.74, 6) is -0.331. The van der Waals surface area contributed by atoms with Crippen molar-refractivity contribution < 1.29 is 22.4 Å². The minimum Gasteiger partial charge on any atom is -0.463 e. The van der Waals surface area contributed by atoms with Crippen LogP contribution in [0.1, 0.15) is 16.1 Å². The molecule has 0 saturated heterocycles. The van der Waals surface area contributed by atoms with E-state index in [0.29, 0.717) is 8.99 Å². The predicted octanol–water partition coefficient (Wildman–Crippen LogP) is 4.42. The molecule has 0 spiro atoms. The molecule has 0 atom stereocenters. The van der Waals surface area contributed by atoms with E-state index in [2.05, 4.69) is 36.3 Å². The molecule has 0 unspecified atom stereocenters. The monoisotopic (exact) mass is 451 g/mol. The van der Waals surface area contributed by atoms with Gasteiger partial charge in [-0.25, -0.2) is 14.5 Å². The number of nitrogens with zero attached hydrogens (tertiary/aromatic N) is 4. The summed E-state index contributed by atoms with van der Waals surface area (Å²) in [6.07, 6.45) is -0.897. The van der Waals surface area contributed by atoms with Gasteiger partial charge < -0.3 is 9.73 Å². The number of pyridine rings is 1. The van der Waals surface area contributed by atoms with Crippen LogP contribution in [0.5, 0.6) is 0 Å². The van der Waals surface area contributed by atoms with Gasteiger partial charge in [-0.3, -0.25) is 4.79 Å². The van der Waals surface area contributed by atoms with Crippen LogP contribution in [0.2, 0.25) is 0 Å². The first-order valence-corrected chi connectivity index (χ1v) is 8.55. The molecule has 0 aliphatic carbocycles. The van der Waals surface area contributed by atoms with Crippen LogP contribution in [0.4, 0.5) is 19.0 Å². The molecule has 0 radical (unpaired) electrons. The van der Waals surface area contributed by atoms with Gasteiger partial charge in [-0.15, -0.1) is 0 Å². The molecule has 1 amide bonds. The third-order valence-electron chi connectivity index (χ3n) is 3.75. The molecule has 0 aromatic carbocycles. The molecule has 4 rings (SSSR count). The normalized spacial score (nSPS) is 11.7. The number of halogens is 4. The summed E-state index contributed by atoms with van der Waals surface area (Å²) in [5.41, 5.74) is -1.54. The number of amides is 1. The Balaban J connectivity index is 1.82. The smallest absolute Gasteiger partial charge is 0.433 e. The van der Waals surface area contributed by atoms with Gasteiger partial charge in [0.05, 0.1) is 12.5 Å². The number of hydrogen-bond acceptors (Lipinski definition) is 5. The highest BCUT2D eigenvalue weighted by Crippen LogP contribution is 2.33. The molecule has 1 N–H and O–H groups in total. The van der Waals surface area contributed by atoms with E-state index in [1.165, 1.54) is 30.7 Å². The molecule has 0 bridgehead atoms. The third kappa shape index (κ3) is 3.36. The predicted molar refractivity (Wildman–Crippen MR) is 95.6 cm³/mol. The number of fused-ring (bicyclic) bond motifs is 1. The summed E-state index contributed by atoms with van der Waals surface area (Å²) in [5, 5.41) is 6.21. The number of aromatic nitrogens is 4. The van der Waals surface area contributed by atoms with Crippen LogP contribution in [-0.2, 0) is 6.18 Å². The summed E-state index contributed by atoms with van der Waals surface area (Å²) < 4.78 is 46.9. The van der Waals surface area contributed by atoms with Gasteiger partial charge in [0.1, 0.15) is 17.1 Å². The van der Waals surface area contributed by atoms with Crippen molar-refractivity contribution in [3.05, 3.63) is 64.7 Å². The first-order valence-electron chi connectivity index (χ1n) is 7.76. The van der Waals surface area contributed by atoms with Crippen LogP contribution in [0, 0.1) is 0 Å². The van der Waals surface area contributed by atoms with Crippen LogP contribution in [-0.4, -0.2) is 25.5 Å². The van der Waals surface area contributed by atoms with Crippen LogP contribution in [0.15, 0.2) is 57.9 Å². The maximum atomic E-state index is 13.5. The van der Waals surface area contributed by atoms with Crippen LogP contribution < -0.4 is 5.32 Å². The van der Waals surface area contributed by atoms with Crippen molar-refractivity contribution >= 4 is 33.3 Å². The van der Waals surface area contributed by atoms with E-state index >= 15 is 0 Å². The zero-order valence-electron chi connectivity index (χ0n) is 13.7. The molecule has 142 valence electrons. The van der Waals surface area contributed by atoms with Gasteiger partial charge in [0, 0.05) is 10.7 Å². The fourth-order valence-corrected chi connectivity index (χ4v) is 2.74. The van der Waals surface area contributed by atoms with Gasteiger partial charge in [0.15, 0.2) is 17.1 Å². The molecule has 4 aromatic rings. The largest absolute Gasteiger partial charge is 0.463 e. The second kappa shape index (κ2) is 6.75. The highest BCUT2D eigenvalue weighted by molar-refractivity contribution is 9.10. The van der Waals surface area contributed by atoms with E-state index in [0.717, 1.165) is 12.3 Å². The van der Waals surface area contributed by atoms with Gasteiger partial charge in [0.2, 0.25) is 0 Å². The molecule has 11 heteroatoms.